The monoisotopic (exact) mass is 325 g/mol. The van der Waals surface area contributed by atoms with E-state index in [1.54, 1.807) is 43.5 Å². The Morgan fingerprint density at radius 3 is 2.35 bits per heavy atom. The lowest BCUT2D eigenvalue weighted by molar-refractivity contribution is -0.110. The van der Waals surface area contributed by atoms with Crippen molar-refractivity contribution in [3.05, 3.63) is 54.1 Å². The predicted octanol–water partition coefficient (Wildman–Crippen LogP) is 3.67. The number of anilines is 1. The Kier molecular flexibility index (Phi) is 5.78. The van der Waals surface area contributed by atoms with Crippen LogP contribution in [-0.2, 0) is 4.79 Å². The number of carbonyl (C=O) groups is 1. The molecule has 0 saturated heterocycles. The Bertz CT molecular complexity index is 747. The Labute approximate surface area is 139 Å². The van der Waals surface area contributed by atoms with Gasteiger partial charge in [0, 0.05) is 11.8 Å². The highest BCUT2D eigenvalue weighted by Crippen LogP contribution is 2.21. The molecule has 0 aliphatic carbocycles. The topological polar surface area (TPSA) is 74.5 Å². The highest BCUT2D eigenvalue weighted by atomic mass is 32.2. The van der Waals surface area contributed by atoms with Crippen molar-refractivity contribution >= 4 is 28.3 Å². The van der Waals surface area contributed by atoms with E-state index in [-0.39, 0.29) is 5.78 Å². The van der Waals surface area contributed by atoms with E-state index in [2.05, 4.69) is 16.6 Å². The van der Waals surface area contributed by atoms with Gasteiger partial charge >= 0.3 is 0 Å². The molecule has 23 heavy (non-hydrogen) atoms. The third-order valence-corrected chi connectivity index (χ3v) is 3.96. The maximum Gasteiger partial charge on any atom is 0.186 e. The van der Waals surface area contributed by atoms with Crippen LogP contribution < -0.4 is 10.2 Å². The Balaban J connectivity index is 2.10. The maximum absolute atomic E-state index is 11.7. The first-order valence-corrected chi connectivity index (χ1v) is 7.60. The zero-order valence-corrected chi connectivity index (χ0v) is 13.6. The summed E-state index contributed by atoms with van der Waals surface area (Å²) >= 11 is 1.25. The molecule has 0 bridgehead atoms. The van der Waals surface area contributed by atoms with Crippen LogP contribution in [-0.4, -0.2) is 17.9 Å². The first kappa shape index (κ1) is 16.6. The van der Waals surface area contributed by atoms with E-state index >= 15 is 0 Å². The molecule has 2 aromatic carbocycles. The van der Waals surface area contributed by atoms with Crippen LogP contribution in [0.25, 0.3) is 0 Å². The van der Waals surface area contributed by atoms with Gasteiger partial charge in [-0.15, -0.1) is 0 Å². The van der Waals surface area contributed by atoms with Crippen molar-refractivity contribution in [1.29, 1.82) is 5.26 Å². The van der Waals surface area contributed by atoms with Crippen LogP contribution in [0.5, 0.6) is 5.75 Å². The zero-order valence-electron chi connectivity index (χ0n) is 12.7. The first-order valence-electron chi connectivity index (χ1n) is 6.79. The minimum Gasteiger partial charge on any atom is -0.497 e. The second kappa shape index (κ2) is 8.01. The summed E-state index contributed by atoms with van der Waals surface area (Å²) in [6.07, 6.45) is 0. The quantitative estimate of drug-likeness (QED) is 0.393. The van der Waals surface area contributed by atoms with Crippen LogP contribution in [0.15, 0.2) is 58.5 Å². The largest absolute Gasteiger partial charge is 0.497 e. The van der Waals surface area contributed by atoms with Crippen LogP contribution >= 0.6 is 11.8 Å². The number of ketones is 1. The normalized spacial score (nSPS) is 10.7. The lowest BCUT2D eigenvalue weighted by Gasteiger charge is -2.06. The van der Waals surface area contributed by atoms with Crippen molar-refractivity contribution in [2.75, 3.05) is 12.5 Å². The second-order valence-corrected chi connectivity index (χ2v) is 5.61. The maximum atomic E-state index is 11.7. The summed E-state index contributed by atoms with van der Waals surface area (Å²) < 4.78 is 5.09. The smallest absolute Gasteiger partial charge is 0.186 e. The number of nitriles is 1. The van der Waals surface area contributed by atoms with Crippen LogP contribution in [0.4, 0.5) is 5.69 Å². The van der Waals surface area contributed by atoms with Crippen LogP contribution in [0.1, 0.15) is 12.5 Å². The molecular formula is C17H15N3O2S. The summed E-state index contributed by atoms with van der Waals surface area (Å²) in [6, 6.07) is 16.3. The number of carbonyl (C=O) groups excluding carboxylic acids is 1. The minimum absolute atomic E-state index is 0.139. The molecule has 0 fully saturated rings. The molecule has 0 aromatic heterocycles. The highest BCUT2D eigenvalue weighted by molar-refractivity contribution is 8.15. The van der Waals surface area contributed by atoms with Crippen molar-refractivity contribution in [3.8, 4) is 11.8 Å². The number of Topliss-reactive ketones (excluding diaryl/α,β-unsaturated/α-hetero) is 1. The number of nitrogens with one attached hydrogen (secondary N) is 1. The van der Waals surface area contributed by atoms with E-state index in [9.17, 15) is 4.79 Å². The van der Waals surface area contributed by atoms with Crippen LogP contribution in [0, 0.1) is 11.3 Å². The molecule has 0 spiro atoms. The molecule has 0 amide bonds. The molecule has 0 atom stereocenters. The molecule has 5 nitrogen and oxygen atoms in total. The van der Waals surface area contributed by atoms with Gasteiger partial charge in [-0.2, -0.15) is 10.4 Å². The van der Waals surface area contributed by atoms with Gasteiger partial charge in [0.1, 0.15) is 5.75 Å². The van der Waals surface area contributed by atoms with Crippen molar-refractivity contribution in [3.63, 3.8) is 0 Å². The van der Waals surface area contributed by atoms with Gasteiger partial charge in [0.05, 0.1) is 24.4 Å². The van der Waals surface area contributed by atoms with Gasteiger partial charge in [-0.05, 0) is 48.5 Å². The van der Waals surface area contributed by atoms with Crippen molar-refractivity contribution in [1.82, 2.24) is 0 Å². The van der Waals surface area contributed by atoms with Gasteiger partial charge < -0.3 is 4.74 Å². The standard InChI is InChI=1S/C17H15N3O2S/c1-12(21)17(23-16-9-3-13(11-18)4-10-16)20-19-14-5-7-15(22-2)8-6-14/h3-10,19H,1-2H3/b20-17+. The summed E-state index contributed by atoms with van der Waals surface area (Å²) in [7, 11) is 1.60. The third kappa shape index (κ3) is 4.87. The third-order valence-electron chi connectivity index (χ3n) is 2.88. The molecule has 116 valence electrons. The van der Waals surface area contributed by atoms with Crippen molar-refractivity contribution < 1.29 is 9.53 Å². The van der Waals surface area contributed by atoms with Crippen LogP contribution in [0.3, 0.4) is 0 Å². The number of benzene rings is 2. The molecule has 0 unspecified atom stereocenters. The molecule has 0 radical (unpaired) electrons. The lowest BCUT2D eigenvalue weighted by atomic mass is 10.2. The molecule has 1 N–H and O–H groups in total. The zero-order chi connectivity index (χ0) is 16.7. The molecular weight excluding hydrogens is 310 g/mol. The van der Waals surface area contributed by atoms with E-state index < -0.39 is 0 Å². The van der Waals surface area contributed by atoms with Crippen molar-refractivity contribution in [2.45, 2.75) is 11.8 Å². The summed E-state index contributed by atoms with van der Waals surface area (Å²) in [5, 5.41) is 13.3. The van der Waals surface area contributed by atoms with Gasteiger partial charge in [-0.1, -0.05) is 11.8 Å². The average molecular weight is 325 g/mol. The number of ether oxygens (including phenoxy) is 1. The fourth-order valence-electron chi connectivity index (χ4n) is 1.66. The highest BCUT2D eigenvalue weighted by Gasteiger charge is 2.09. The van der Waals surface area contributed by atoms with Crippen LogP contribution in [0.2, 0.25) is 0 Å². The molecule has 0 heterocycles. The molecule has 2 rings (SSSR count). The predicted molar refractivity (Wildman–Crippen MR) is 91.7 cm³/mol. The number of rotatable bonds is 5. The van der Waals surface area contributed by atoms with Gasteiger partial charge in [0.25, 0.3) is 0 Å². The van der Waals surface area contributed by atoms with Gasteiger partial charge in [-0.25, -0.2) is 0 Å². The summed E-state index contributed by atoms with van der Waals surface area (Å²) in [6.45, 7) is 1.46. The van der Waals surface area contributed by atoms with Gasteiger partial charge in [0.2, 0.25) is 0 Å². The van der Waals surface area contributed by atoms with Crippen molar-refractivity contribution in [2.24, 2.45) is 5.10 Å². The lowest BCUT2D eigenvalue weighted by Crippen LogP contribution is -2.08. The average Bonchev–Trinajstić information content (AvgIpc) is 2.59. The SMILES string of the molecule is COc1ccc(N/N=C(/Sc2ccc(C#N)cc2)C(C)=O)cc1. The Morgan fingerprint density at radius 2 is 1.83 bits per heavy atom. The number of hydrogen-bond acceptors (Lipinski definition) is 6. The number of thioether (sulfide) groups is 1. The number of methoxy groups -OCH3 is 1. The Morgan fingerprint density at radius 1 is 1.17 bits per heavy atom. The molecule has 6 heteroatoms. The number of nitrogens with zero attached hydrogens (tertiary/aromatic N) is 2. The Hall–Kier alpha value is -2.78. The fourth-order valence-corrected chi connectivity index (χ4v) is 2.39. The van der Waals surface area contributed by atoms with Gasteiger partial charge in [0.15, 0.2) is 10.8 Å². The fraction of sp³-hybridized carbons (Fsp3) is 0.118. The first-order chi connectivity index (χ1) is 11.1. The molecule has 2 aromatic rings. The van der Waals surface area contributed by atoms with Gasteiger partial charge in [-0.3, -0.25) is 10.2 Å². The molecule has 0 aliphatic rings. The summed E-state index contributed by atoms with van der Waals surface area (Å²) in [5.41, 5.74) is 4.19. The summed E-state index contributed by atoms with van der Waals surface area (Å²) in [5.74, 6) is 0.610. The van der Waals surface area contributed by atoms with E-state index in [1.807, 2.05) is 12.1 Å². The number of hydrogen-bond donors (Lipinski definition) is 1. The number of hydrazone groups is 1. The molecule has 0 saturated carbocycles. The van der Waals surface area contributed by atoms with E-state index in [0.717, 1.165) is 16.3 Å². The van der Waals surface area contributed by atoms with E-state index in [4.69, 9.17) is 10.00 Å². The minimum atomic E-state index is -0.139. The second-order valence-electron chi connectivity index (χ2n) is 4.55. The van der Waals surface area contributed by atoms with E-state index in [0.29, 0.717) is 10.6 Å². The molecule has 0 aliphatic heterocycles. The summed E-state index contributed by atoms with van der Waals surface area (Å²) in [4.78, 5) is 12.6. The van der Waals surface area contributed by atoms with E-state index in [1.165, 1.54) is 18.7 Å².